The third kappa shape index (κ3) is 2.97. The van der Waals surface area contributed by atoms with Crippen LogP contribution < -0.4 is 9.30 Å². The Morgan fingerprint density at radius 2 is 1.69 bits per heavy atom. The standard InChI is InChI=1S/C23H22N2O/c1-16-8-9-17(2)19(14-16)15-25-22-7-5-4-6-21(22)24-23(25)18-10-12-20(26-3)13-11-18/h4-14H,15H2,1-3H3/p+1. The Balaban J connectivity index is 1.87. The molecule has 0 aliphatic heterocycles. The molecule has 4 aromatic rings. The summed E-state index contributed by atoms with van der Waals surface area (Å²) in [4.78, 5) is 3.59. The van der Waals surface area contributed by atoms with Gasteiger partial charge < -0.3 is 4.74 Å². The van der Waals surface area contributed by atoms with Crippen LogP contribution in [0.25, 0.3) is 22.4 Å². The van der Waals surface area contributed by atoms with Crippen molar-refractivity contribution in [2.75, 3.05) is 7.11 Å². The minimum atomic E-state index is 0.832. The molecule has 130 valence electrons. The number of aryl methyl sites for hydroxylation is 2. The molecule has 0 aliphatic rings. The molecule has 0 saturated heterocycles. The molecular formula is C23H23N2O+. The van der Waals surface area contributed by atoms with Gasteiger partial charge in [-0.05, 0) is 61.4 Å². The quantitative estimate of drug-likeness (QED) is 0.530. The Kier molecular flexibility index (Phi) is 4.21. The van der Waals surface area contributed by atoms with Crippen LogP contribution in [0.3, 0.4) is 0 Å². The van der Waals surface area contributed by atoms with Crippen LogP contribution >= 0.6 is 0 Å². The lowest BCUT2D eigenvalue weighted by Crippen LogP contribution is -2.36. The van der Waals surface area contributed by atoms with E-state index in [1.54, 1.807) is 7.11 Å². The van der Waals surface area contributed by atoms with Crippen molar-refractivity contribution in [2.45, 2.75) is 20.4 Å². The number of imidazole rings is 1. The van der Waals surface area contributed by atoms with Gasteiger partial charge in [-0.1, -0.05) is 35.9 Å². The summed E-state index contributed by atoms with van der Waals surface area (Å²) < 4.78 is 7.66. The summed E-state index contributed by atoms with van der Waals surface area (Å²) in [6.07, 6.45) is 0. The first-order chi connectivity index (χ1) is 12.7. The van der Waals surface area contributed by atoms with Gasteiger partial charge in [0.05, 0.1) is 12.7 Å². The zero-order valence-electron chi connectivity index (χ0n) is 15.4. The first kappa shape index (κ1) is 16.4. The monoisotopic (exact) mass is 343 g/mol. The highest BCUT2D eigenvalue weighted by atomic mass is 16.5. The van der Waals surface area contributed by atoms with Crippen molar-refractivity contribution in [1.29, 1.82) is 0 Å². The number of nitrogens with one attached hydrogen (secondary N) is 1. The van der Waals surface area contributed by atoms with E-state index in [1.165, 1.54) is 22.2 Å². The number of methoxy groups -OCH3 is 1. The number of benzene rings is 3. The number of nitrogens with zero attached hydrogens (tertiary/aromatic N) is 1. The maximum absolute atomic E-state index is 5.30. The van der Waals surface area contributed by atoms with E-state index in [0.717, 1.165) is 29.2 Å². The van der Waals surface area contributed by atoms with E-state index in [9.17, 15) is 0 Å². The van der Waals surface area contributed by atoms with Gasteiger partial charge in [-0.3, -0.25) is 0 Å². The Bertz CT molecular complexity index is 1060. The molecule has 3 aromatic carbocycles. The fourth-order valence-corrected chi connectivity index (χ4v) is 3.41. The maximum Gasteiger partial charge on any atom is 0.287 e. The first-order valence-corrected chi connectivity index (χ1v) is 8.87. The van der Waals surface area contributed by atoms with Crippen molar-refractivity contribution < 1.29 is 9.30 Å². The van der Waals surface area contributed by atoms with Gasteiger partial charge in [0.2, 0.25) is 0 Å². The molecule has 0 amide bonds. The largest absolute Gasteiger partial charge is 0.497 e. The number of rotatable bonds is 4. The molecule has 1 aromatic heterocycles. The van der Waals surface area contributed by atoms with Crippen molar-refractivity contribution >= 4 is 11.0 Å². The molecule has 0 bridgehead atoms. The lowest BCUT2D eigenvalue weighted by molar-refractivity contribution is -0.651. The number of aromatic nitrogens is 2. The fraction of sp³-hybridized carbons (Fsp3) is 0.174. The van der Waals surface area contributed by atoms with Crippen LogP contribution in [-0.4, -0.2) is 12.1 Å². The molecule has 0 saturated carbocycles. The second-order valence-electron chi connectivity index (χ2n) is 6.74. The van der Waals surface area contributed by atoms with E-state index in [0.29, 0.717) is 0 Å². The minimum absolute atomic E-state index is 0.832. The van der Waals surface area contributed by atoms with Crippen LogP contribution in [0.4, 0.5) is 0 Å². The number of H-pyrrole nitrogens is 1. The van der Waals surface area contributed by atoms with Crippen LogP contribution in [0.1, 0.15) is 16.7 Å². The summed E-state index contributed by atoms with van der Waals surface area (Å²) in [7, 11) is 1.69. The van der Waals surface area contributed by atoms with Crippen molar-refractivity contribution in [1.82, 2.24) is 4.98 Å². The molecule has 1 heterocycles. The SMILES string of the molecule is COc1ccc(-c2[nH]c3ccccc3[n+]2Cc2cc(C)ccc2C)cc1. The molecule has 0 atom stereocenters. The Labute approximate surface area is 153 Å². The van der Waals surface area contributed by atoms with Gasteiger partial charge in [0.1, 0.15) is 12.3 Å². The predicted molar refractivity (Wildman–Crippen MR) is 105 cm³/mol. The summed E-state index contributed by atoms with van der Waals surface area (Å²) >= 11 is 0. The summed E-state index contributed by atoms with van der Waals surface area (Å²) in [6.45, 7) is 5.16. The van der Waals surface area contributed by atoms with Crippen molar-refractivity contribution in [2.24, 2.45) is 0 Å². The molecular weight excluding hydrogens is 320 g/mol. The lowest BCUT2D eigenvalue weighted by atomic mass is 10.1. The highest BCUT2D eigenvalue weighted by molar-refractivity contribution is 5.74. The Morgan fingerprint density at radius 3 is 2.46 bits per heavy atom. The molecule has 0 radical (unpaired) electrons. The highest BCUT2D eigenvalue weighted by Gasteiger charge is 2.20. The van der Waals surface area contributed by atoms with E-state index in [4.69, 9.17) is 4.74 Å². The lowest BCUT2D eigenvalue weighted by Gasteiger charge is -2.08. The number of para-hydroxylation sites is 2. The van der Waals surface area contributed by atoms with Crippen LogP contribution in [0.15, 0.2) is 66.7 Å². The highest BCUT2D eigenvalue weighted by Crippen LogP contribution is 2.23. The van der Waals surface area contributed by atoms with Gasteiger partial charge in [-0.25, -0.2) is 9.55 Å². The van der Waals surface area contributed by atoms with Crippen molar-refractivity contribution in [3.8, 4) is 17.1 Å². The molecule has 3 heteroatoms. The van der Waals surface area contributed by atoms with Gasteiger partial charge >= 0.3 is 0 Å². The zero-order valence-corrected chi connectivity index (χ0v) is 15.4. The maximum atomic E-state index is 5.30. The number of hydrogen-bond donors (Lipinski definition) is 1. The molecule has 0 aliphatic carbocycles. The number of hydrogen-bond acceptors (Lipinski definition) is 1. The summed E-state index contributed by atoms with van der Waals surface area (Å²) in [5.41, 5.74) is 7.44. The average molecular weight is 343 g/mol. The second-order valence-corrected chi connectivity index (χ2v) is 6.74. The third-order valence-corrected chi connectivity index (χ3v) is 4.91. The second kappa shape index (κ2) is 6.68. The van der Waals surface area contributed by atoms with Gasteiger partial charge in [-0.15, -0.1) is 0 Å². The molecule has 26 heavy (non-hydrogen) atoms. The zero-order chi connectivity index (χ0) is 18.1. The summed E-state index contributed by atoms with van der Waals surface area (Å²) in [5.74, 6) is 1.97. The van der Waals surface area contributed by atoms with E-state index >= 15 is 0 Å². The molecule has 0 unspecified atom stereocenters. The predicted octanol–water partition coefficient (Wildman–Crippen LogP) is 4.80. The van der Waals surface area contributed by atoms with E-state index in [2.05, 4.69) is 78.0 Å². The third-order valence-electron chi connectivity index (χ3n) is 4.91. The van der Waals surface area contributed by atoms with Gasteiger partial charge in [0, 0.05) is 0 Å². The Morgan fingerprint density at radius 1 is 0.923 bits per heavy atom. The van der Waals surface area contributed by atoms with E-state index < -0.39 is 0 Å². The van der Waals surface area contributed by atoms with Crippen LogP contribution in [0.5, 0.6) is 5.75 Å². The average Bonchev–Trinajstić information content (AvgIpc) is 3.03. The van der Waals surface area contributed by atoms with E-state index in [-0.39, 0.29) is 0 Å². The van der Waals surface area contributed by atoms with Crippen molar-refractivity contribution in [3.63, 3.8) is 0 Å². The van der Waals surface area contributed by atoms with Crippen molar-refractivity contribution in [3.05, 3.63) is 83.4 Å². The number of aromatic amines is 1. The normalized spacial score (nSPS) is 11.0. The number of ether oxygens (including phenoxy) is 1. The molecule has 3 nitrogen and oxygen atoms in total. The van der Waals surface area contributed by atoms with Gasteiger partial charge in [0.15, 0.2) is 11.0 Å². The first-order valence-electron chi connectivity index (χ1n) is 8.87. The van der Waals surface area contributed by atoms with E-state index in [1.807, 2.05) is 12.1 Å². The fourth-order valence-electron chi connectivity index (χ4n) is 3.41. The number of fused-ring (bicyclic) bond motifs is 1. The molecule has 1 N–H and O–H groups in total. The van der Waals surface area contributed by atoms with Gasteiger partial charge in [0.25, 0.3) is 5.82 Å². The summed E-state index contributed by atoms with van der Waals surface area (Å²) in [6, 6.07) is 23.3. The molecule has 0 fully saturated rings. The van der Waals surface area contributed by atoms with Crippen LogP contribution in [-0.2, 0) is 6.54 Å². The van der Waals surface area contributed by atoms with Crippen LogP contribution in [0, 0.1) is 13.8 Å². The van der Waals surface area contributed by atoms with Crippen LogP contribution in [0.2, 0.25) is 0 Å². The molecule has 4 rings (SSSR count). The Hall–Kier alpha value is -3.07. The van der Waals surface area contributed by atoms with Gasteiger partial charge in [-0.2, -0.15) is 0 Å². The minimum Gasteiger partial charge on any atom is -0.497 e. The smallest absolute Gasteiger partial charge is 0.287 e. The molecule has 0 spiro atoms. The summed E-state index contributed by atoms with van der Waals surface area (Å²) in [5, 5.41) is 0. The topological polar surface area (TPSA) is 28.9 Å².